The van der Waals surface area contributed by atoms with Gasteiger partial charge in [0, 0.05) is 11.0 Å². The van der Waals surface area contributed by atoms with Crippen molar-refractivity contribution in [3.8, 4) is 6.07 Å². The molecule has 0 spiro atoms. The summed E-state index contributed by atoms with van der Waals surface area (Å²) in [6.45, 7) is 1.66. The second-order valence-corrected chi connectivity index (χ2v) is 4.62. The van der Waals surface area contributed by atoms with Crippen molar-refractivity contribution in [3.63, 3.8) is 0 Å². The van der Waals surface area contributed by atoms with E-state index in [4.69, 9.17) is 10.4 Å². The number of nitriles is 1. The number of carbonyl (C=O) groups excluding carboxylic acids is 1. The number of fused-ring (bicyclic) bond motifs is 1. The highest BCUT2D eigenvalue weighted by Gasteiger charge is 2.43. The lowest BCUT2D eigenvalue weighted by atomic mass is 9.83. The van der Waals surface area contributed by atoms with Gasteiger partial charge in [-0.05, 0) is 30.2 Å². The van der Waals surface area contributed by atoms with Crippen LogP contribution in [0.1, 0.15) is 34.8 Å². The van der Waals surface area contributed by atoms with Crippen molar-refractivity contribution in [3.05, 3.63) is 34.9 Å². The van der Waals surface area contributed by atoms with Gasteiger partial charge in [0.1, 0.15) is 0 Å². The third-order valence-electron chi connectivity index (χ3n) is 3.15. The molecule has 0 saturated heterocycles. The van der Waals surface area contributed by atoms with Crippen LogP contribution in [0.4, 0.5) is 0 Å². The maximum absolute atomic E-state index is 12.1. The number of nitrogens with zero attached hydrogens (tertiary/aromatic N) is 1. The summed E-state index contributed by atoms with van der Waals surface area (Å²) in [6, 6.07) is 6.88. The predicted octanol–water partition coefficient (Wildman–Crippen LogP) is 1.78. The number of benzene rings is 1. The summed E-state index contributed by atoms with van der Waals surface area (Å²) in [5.74, 6) is -1.12. The van der Waals surface area contributed by atoms with Gasteiger partial charge in [-0.25, -0.2) is 0 Å². The van der Waals surface area contributed by atoms with E-state index in [0.29, 0.717) is 17.5 Å². The minimum atomic E-state index is -0.978. The van der Waals surface area contributed by atoms with Crippen molar-refractivity contribution >= 4 is 11.8 Å². The molecule has 1 atom stereocenters. The first kappa shape index (κ1) is 11.3. The van der Waals surface area contributed by atoms with Gasteiger partial charge in [-0.1, -0.05) is 6.92 Å². The fraction of sp³-hybridized carbons (Fsp3) is 0.308. The molecule has 0 bridgehead atoms. The van der Waals surface area contributed by atoms with E-state index >= 15 is 0 Å². The Morgan fingerprint density at radius 3 is 2.88 bits per heavy atom. The Hall–Kier alpha value is -2.15. The maximum atomic E-state index is 12.1. The monoisotopic (exact) mass is 229 g/mol. The number of carbonyl (C=O) groups is 2. The lowest BCUT2D eigenvalue weighted by Gasteiger charge is -2.18. The van der Waals surface area contributed by atoms with E-state index in [1.54, 1.807) is 25.1 Å². The molecule has 1 aromatic rings. The number of aliphatic carboxylic acids is 1. The van der Waals surface area contributed by atoms with E-state index in [0.717, 1.165) is 5.56 Å². The lowest BCUT2D eigenvalue weighted by molar-refractivity contribution is -0.138. The molecule has 17 heavy (non-hydrogen) atoms. The van der Waals surface area contributed by atoms with E-state index in [9.17, 15) is 9.59 Å². The van der Waals surface area contributed by atoms with Crippen LogP contribution in [0.2, 0.25) is 0 Å². The van der Waals surface area contributed by atoms with Gasteiger partial charge >= 0.3 is 5.97 Å². The molecule has 4 nitrogen and oxygen atoms in total. The van der Waals surface area contributed by atoms with Gasteiger partial charge in [-0.3, -0.25) is 9.59 Å². The number of hydrogen-bond donors (Lipinski definition) is 1. The van der Waals surface area contributed by atoms with E-state index < -0.39 is 11.4 Å². The molecular formula is C13H11NO3. The van der Waals surface area contributed by atoms with Crippen LogP contribution in [0.25, 0.3) is 0 Å². The molecule has 0 saturated carbocycles. The summed E-state index contributed by atoms with van der Waals surface area (Å²) in [7, 11) is 0. The highest BCUT2D eigenvalue weighted by atomic mass is 16.4. The van der Waals surface area contributed by atoms with Crippen molar-refractivity contribution in [2.24, 2.45) is 5.41 Å². The summed E-state index contributed by atoms with van der Waals surface area (Å²) in [4.78, 5) is 22.9. The summed E-state index contributed by atoms with van der Waals surface area (Å²) in [5.41, 5.74) is 0.948. The molecule has 1 unspecified atom stereocenters. The Morgan fingerprint density at radius 1 is 1.59 bits per heavy atom. The summed E-state index contributed by atoms with van der Waals surface area (Å²) >= 11 is 0. The summed E-state index contributed by atoms with van der Waals surface area (Å²) in [6.07, 6.45) is 0.214. The number of carboxylic acids is 1. The van der Waals surface area contributed by atoms with Crippen LogP contribution in [-0.4, -0.2) is 16.9 Å². The first-order chi connectivity index (χ1) is 7.96. The largest absolute Gasteiger partial charge is 0.481 e. The van der Waals surface area contributed by atoms with Crippen molar-refractivity contribution < 1.29 is 14.7 Å². The molecule has 4 heteroatoms. The highest BCUT2D eigenvalue weighted by Crippen LogP contribution is 2.39. The zero-order chi connectivity index (χ0) is 12.6. The molecule has 1 aliphatic carbocycles. The van der Waals surface area contributed by atoms with Gasteiger partial charge in [0.15, 0.2) is 5.78 Å². The number of hydrogen-bond acceptors (Lipinski definition) is 3. The van der Waals surface area contributed by atoms with Crippen LogP contribution in [-0.2, 0) is 11.2 Å². The molecule has 1 aliphatic rings. The summed E-state index contributed by atoms with van der Waals surface area (Å²) in [5, 5.41) is 17.6. The average molecular weight is 229 g/mol. The third kappa shape index (κ3) is 1.80. The molecule has 1 N–H and O–H groups in total. The second kappa shape index (κ2) is 3.70. The fourth-order valence-corrected chi connectivity index (χ4v) is 2.33. The Labute approximate surface area is 98.5 Å². The van der Waals surface area contributed by atoms with Crippen LogP contribution in [0.3, 0.4) is 0 Å². The zero-order valence-corrected chi connectivity index (χ0v) is 9.36. The lowest BCUT2D eigenvalue weighted by Crippen LogP contribution is -2.27. The van der Waals surface area contributed by atoms with Crippen LogP contribution in [0, 0.1) is 16.7 Å². The molecule has 0 radical (unpaired) electrons. The molecular weight excluding hydrogens is 218 g/mol. The SMILES string of the molecule is CC1(CC(=O)O)Cc2cc(C#N)ccc2C1=O. The number of Topliss-reactive ketones (excluding diaryl/α,β-unsaturated/α-hetero) is 1. The average Bonchev–Trinajstić information content (AvgIpc) is 2.49. The van der Waals surface area contributed by atoms with E-state index in [1.165, 1.54) is 0 Å². The van der Waals surface area contributed by atoms with Gasteiger partial charge in [-0.15, -0.1) is 0 Å². The Balaban J connectivity index is 2.42. The minimum Gasteiger partial charge on any atom is -0.481 e. The second-order valence-electron chi connectivity index (χ2n) is 4.62. The van der Waals surface area contributed by atoms with Gasteiger partial charge in [0.05, 0.1) is 18.1 Å². The fourth-order valence-electron chi connectivity index (χ4n) is 2.33. The molecule has 0 aromatic heterocycles. The van der Waals surface area contributed by atoms with Crippen LogP contribution in [0.15, 0.2) is 18.2 Å². The number of carboxylic acid groups (broad SMARTS) is 1. The van der Waals surface area contributed by atoms with Crippen LogP contribution in [0.5, 0.6) is 0 Å². The molecule has 1 aromatic carbocycles. The molecule has 0 fully saturated rings. The topological polar surface area (TPSA) is 78.2 Å². The summed E-state index contributed by atoms with van der Waals surface area (Å²) < 4.78 is 0. The Kier molecular flexibility index (Phi) is 2.47. The third-order valence-corrected chi connectivity index (χ3v) is 3.15. The number of rotatable bonds is 2. The van der Waals surface area contributed by atoms with Crippen LogP contribution < -0.4 is 0 Å². The molecule has 0 aliphatic heterocycles. The van der Waals surface area contributed by atoms with Gasteiger partial charge in [0.2, 0.25) is 0 Å². The normalized spacial score (nSPS) is 22.0. The smallest absolute Gasteiger partial charge is 0.304 e. The maximum Gasteiger partial charge on any atom is 0.304 e. The molecule has 0 amide bonds. The predicted molar refractivity (Wildman–Crippen MR) is 59.6 cm³/mol. The van der Waals surface area contributed by atoms with E-state index in [1.807, 2.05) is 6.07 Å². The molecule has 2 rings (SSSR count). The first-order valence-corrected chi connectivity index (χ1v) is 5.26. The van der Waals surface area contributed by atoms with Gasteiger partial charge in [-0.2, -0.15) is 5.26 Å². The van der Waals surface area contributed by atoms with Crippen molar-refractivity contribution in [2.75, 3.05) is 0 Å². The van der Waals surface area contributed by atoms with Crippen LogP contribution >= 0.6 is 0 Å². The quantitative estimate of drug-likeness (QED) is 0.838. The van der Waals surface area contributed by atoms with Crippen molar-refractivity contribution in [1.82, 2.24) is 0 Å². The molecule has 0 heterocycles. The minimum absolute atomic E-state index is 0.139. The van der Waals surface area contributed by atoms with Gasteiger partial charge in [0.25, 0.3) is 0 Å². The number of ketones is 1. The first-order valence-electron chi connectivity index (χ1n) is 5.26. The Bertz CT molecular complexity index is 556. The highest BCUT2D eigenvalue weighted by molar-refractivity contribution is 6.06. The van der Waals surface area contributed by atoms with Crippen molar-refractivity contribution in [1.29, 1.82) is 5.26 Å². The standard InChI is InChI=1S/C13H11NO3/c1-13(6-11(15)16)5-9-4-8(7-14)2-3-10(9)12(13)17/h2-4H,5-6H2,1H3,(H,15,16). The zero-order valence-electron chi connectivity index (χ0n) is 9.36. The van der Waals surface area contributed by atoms with E-state index in [2.05, 4.69) is 0 Å². The molecule has 86 valence electrons. The van der Waals surface area contributed by atoms with Gasteiger partial charge < -0.3 is 5.11 Å². The Morgan fingerprint density at radius 2 is 2.29 bits per heavy atom. The van der Waals surface area contributed by atoms with E-state index in [-0.39, 0.29) is 12.2 Å². The van der Waals surface area contributed by atoms with Crippen molar-refractivity contribution in [2.45, 2.75) is 19.8 Å².